The minimum absolute atomic E-state index is 0.0915. The largest absolute Gasteiger partial charge is 0.298 e. The van der Waals surface area contributed by atoms with Gasteiger partial charge in [-0.15, -0.1) is 0 Å². The van der Waals surface area contributed by atoms with Gasteiger partial charge < -0.3 is 0 Å². The molecule has 0 heterocycles. The summed E-state index contributed by atoms with van der Waals surface area (Å²) in [5.41, 5.74) is 0.864. The van der Waals surface area contributed by atoms with Crippen molar-refractivity contribution < 1.29 is 4.79 Å². The van der Waals surface area contributed by atoms with Gasteiger partial charge in [-0.2, -0.15) is 0 Å². The molecule has 1 rings (SSSR count). The second kappa shape index (κ2) is 3.76. The first-order chi connectivity index (χ1) is 5.29. The molecule has 0 spiro atoms. The van der Waals surface area contributed by atoms with Crippen LogP contribution >= 0.6 is 0 Å². The molecule has 0 aromatic heterocycles. The fourth-order valence-corrected chi connectivity index (χ4v) is 0.736. The minimum atomic E-state index is 0.0915. The molecule has 0 bridgehead atoms. The maximum atomic E-state index is 10.5. The highest BCUT2D eigenvalue weighted by atomic mass is 16.1. The molecular formula is C9H10NO. The molecule has 1 aromatic rings. The summed E-state index contributed by atoms with van der Waals surface area (Å²) < 4.78 is 0. The second-order valence-corrected chi connectivity index (χ2v) is 2.35. The Labute approximate surface area is 66.2 Å². The van der Waals surface area contributed by atoms with E-state index in [0.29, 0.717) is 0 Å². The van der Waals surface area contributed by atoms with Crippen LogP contribution in [-0.2, 0) is 4.79 Å². The topological polar surface area (TPSA) is 31.2 Å². The van der Waals surface area contributed by atoms with Gasteiger partial charge in [-0.05, 0) is 19.1 Å². The lowest BCUT2D eigenvalue weighted by Gasteiger charge is -1.97. The van der Waals surface area contributed by atoms with Crippen molar-refractivity contribution in [1.29, 1.82) is 0 Å². The summed E-state index contributed by atoms with van der Waals surface area (Å²) in [6, 6.07) is 9.48. The lowest BCUT2D eigenvalue weighted by Crippen LogP contribution is -2.08. The van der Waals surface area contributed by atoms with E-state index < -0.39 is 0 Å². The third kappa shape index (κ3) is 2.85. The van der Waals surface area contributed by atoms with Crippen LogP contribution in [0.4, 0.5) is 5.69 Å². The molecule has 0 fully saturated rings. The summed E-state index contributed by atoms with van der Waals surface area (Å²) in [6.07, 6.45) is 0. The van der Waals surface area contributed by atoms with Gasteiger partial charge in [-0.25, -0.2) is 0 Å². The third-order valence-electron chi connectivity index (χ3n) is 1.24. The van der Waals surface area contributed by atoms with E-state index in [1.54, 1.807) is 0 Å². The molecule has 0 aliphatic carbocycles. The Morgan fingerprint density at radius 1 is 1.36 bits per heavy atom. The molecule has 0 amide bonds. The first-order valence-corrected chi connectivity index (χ1v) is 3.51. The maximum Gasteiger partial charge on any atom is 0.151 e. The van der Waals surface area contributed by atoms with Crippen molar-refractivity contribution in [2.45, 2.75) is 6.92 Å². The molecule has 0 saturated heterocycles. The average molecular weight is 148 g/mol. The molecule has 1 aromatic carbocycles. The highest BCUT2D eigenvalue weighted by molar-refractivity contribution is 5.78. The van der Waals surface area contributed by atoms with Crippen LogP contribution in [0.2, 0.25) is 0 Å². The first kappa shape index (κ1) is 7.79. The Kier molecular flexibility index (Phi) is 2.66. The minimum Gasteiger partial charge on any atom is -0.298 e. The van der Waals surface area contributed by atoms with Crippen molar-refractivity contribution in [2.75, 3.05) is 6.54 Å². The third-order valence-corrected chi connectivity index (χ3v) is 1.24. The van der Waals surface area contributed by atoms with E-state index in [1.807, 2.05) is 30.3 Å². The summed E-state index contributed by atoms with van der Waals surface area (Å²) in [5.74, 6) is 0.0915. The number of Topliss-reactive ketones (excluding diaryl/α,β-unsaturated/α-hetero) is 1. The van der Waals surface area contributed by atoms with Crippen molar-refractivity contribution in [3.63, 3.8) is 0 Å². The summed E-state index contributed by atoms with van der Waals surface area (Å²) in [5, 5.41) is 4.06. The second-order valence-electron chi connectivity index (χ2n) is 2.35. The number of para-hydroxylation sites is 1. The Balaban J connectivity index is 2.45. The number of hydrogen-bond donors (Lipinski definition) is 0. The van der Waals surface area contributed by atoms with Crippen LogP contribution in [0, 0.1) is 0 Å². The summed E-state index contributed by atoms with van der Waals surface area (Å²) in [7, 11) is 0. The van der Waals surface area contributed by atoms with Gasteiger partial charge in [-0.1, -0.05) is 18.2 Å². The predicted octanol–water partition coefficient (Wildman–Crippen LogP) is 1.51. The fraction of sp³-hybridized carbons (Fsp3) is 0.222. The van der Waals surface area contributed by atoms with E-state index >= 15 is 0 Å². The van der Waals surface area contributed by atoms with E-state index in [1.165, 1.54) is 6.92 Å². The molecule has 57 valence electrons. The zero-order chi connectivity index (χ0) is 8.10. The van der Waals surface area contributed by atoms with E-state index in [-0.39, 0.29) is 12.3 Å². The number of ketones is 1. The quantitative estimate of drug-likeness (QED) is 0.639. The maximum absolute atomic E-state index is 10.5. The van der Waals surface area contributed by atoms with Gasteiger partial charge >= 0.3 is 0 Å². The zero-order valence-corrected chi connectivity index (χ0v) is 6.45. The molecule has 2 heteroatoms. The average Bonchev–Trinajstić information content (AvgIpc) is 2.03. The number of carbonyl (C=O) groups excluding carboxylic acids is 1. The van der Waals surface area contributed by atoms with Crippen LogP contribution in [0.1, 0.15) is 6.92 Å². The van der Waals surface area contributed by atoms with Crippen LogP contribution in [-0.4, -0.2) is 12.3 Å². The Morgan fingerprint density at radius 3 is 2.55 bits per heavy atom. The highest BCUT2D eigenvalue weighted by Gasteiger charge is 1.93. The van der Waals surface area contributed by atoms with Crippen LogP contribution in [0.3, 0.4) is 0 Å². The zero-order valence-electron chi connectivity index (χ0n) is 6.45. The lowest BCUT2D eigenvalue weighted by atomic mass is 10.3. The Bertz CT molecular complexity index is 231. The van der Waals surface area contributed by atoms with E-state index in [0.717, 1.165) is 5.69 Å². The fourth-order valence-electron chi connectivity index (χ4n) is 0.736. The first-order valence-electron chi connectivity index (χ1n) is 3.51. The predicted molar refractivity (Wildman–Crippen MR) is 43.8 cm³/mol. The number of rotatable bonds is 3. The SMILES string of the molecule is CC(=O)C[N]c1ccccc1. The van der Waals surface area contributed by atoms with Crippen molar-refractivity contribution in [1.82, 2.24) is 5.32 Å². The van der Waals surface area contributed by atoms with E-state index in [2.05, 4.69) is 5.32 Å². The van der Waals surface area contributed by atoms with Gasteiger partial charge in [0.2, 0.25) is 0 Å². The van der Waals surface area contributed by atoms with Crippen LogP contribution < -0.4 is 5.32 Å². The molecule has 0 atom stereocenters. The lowest BCUT2D eigenvalue weighted by molar-refractivity contribution is -0.116. The van der Waals surface area contributed by atoms with Gasteiger partial charge in [-0.3, -0.25) is 10.1 Å². The molecule has 11 heavy (non-hydrogen) atoms. The number of nitrogens with zero attached hydrogens (tertiary/aromatic N) is 1. The van der Waals surface area contributed by atoms with Gasteiger partial charge in [0.25, 0.3) is 0 Å². The number of benzene rings is 1. The Hall–Kier alpha value is -1.31. The van der Waals surface area contributed by atoms with Gasteiger partial charge in [0.05, 0.1) is 12.2 Å². The number of hydrogen-bond acceptors (Lipinski definition) is 1. The monoisotopic (exact) mass is 148 g/mol. The van der Waals surface area contributed by atoms with Crippen LogP contribution in [0.5, 0.6) is 0 Å². The van der Waals surface area contributed by atoms with Crippen molar-refractivity contribution in [3.8, 4) is 0 Å². The van der Waals surface area contributed by atoms with E-state index in [4.69, 9.17) is 0 Å². The molecule has 2 nitrogen and oxygen atoms in total. The van der Waals surface area contributed by atoms with Crippen LogP contribution in [0.15, 0.2) is 30.3 Å². The Morgan fingerprint density at radius 2 is 2.00 bits per heavy atom. The molecule has 0 unspecified atom stereocenters. The molecule has 1 radical (unpaired) electrons. The smallest absolute Gasteiger partial charge is 0.151 e. The standard InChI is InChI=1S/C9H10NO/c1-8(11)7-10-9-5-3-2-4-6-9/h2-6H,7H2,1H3. The highest BCUT2D eigenvalue weighted by Crippen LogP contribution is 2.03. The normalized spacial score (nSPS) is 9.18. The molecule has 0 aliphatic heterocycles. The van der Waals surface area contributed by atoms with E-state index in [9.17, 15) is 4.79 Å². The number of carbonyl (C=O) groups is 1. The van der Waals surface area contributed by atoms with Crippen molar-refractivity contribution in [3.05, 3.63) is 30.3 Å². The van der Waals surface area contributed by atoms with Gasteiger partial charge in [0.1, 0.15) is 0 Å². The molecular weight excluding hydrogens is 138 g/mol. The molecule has 0 aliphatic rings. The van der Waals surface area contributed by atoms with Crippen LogP contribution in [0.25, 0.3) is 0 Å². The molecule has 0 N–H and O–H groups in total. The summed E-state index contributed by atoms with van der Waals surface area (Å²) in [6.45, 7) is 1.82. The van der Waals surface area contributed by atoms with Gasteiger partial charge in [0.15, 0.2) is 5.78 Å². The molecule has 0 saturated carbocycles. The van der Waals surface area contributed by atoms with Crippen molar-refractivity contribution in [2.24, 2.45) is 0 Å². The van der Waals surface area contributed by atoms with Gasteiger partial charge in [0, 0.05) is 0 Å². The van der Waals surface area contributed by atoms with Crippen molar-refractivity contribution >= 4 is 11.5 Å². The summed E-state index contributed by atoms with van der Waals surface area (Å²) in [4.78, 5) is 10.5. The summed E-state index contributed by atoms with van der Waals surface area (Å²) >= 11 is 0.